The molecule has 1 rings (SSSR count). The number of aliphatic hydroxyl groups is 1. The van der Waals surface area contributed by atoms with Crippen molar-refractivity contribution in [3.63, 3.8) is 0 Å². The molecular weight excluding hydrogens is 212 g/mol. The van der Waals surface area contributed by atoms with Crippen molar-refractivity contribution >= 4 is 23.1 Å². The van der Waals surface area contributed by atoms with Crippen molar-refractivity contribution in [2.45, 2.75) is 13.8 Å². The molecule has 1 aromatic heterocycles. The third-order valence-electron chi connectivity index (χ3n) is 1.90. The van der Waals surface area contributed by atoms with E-state index in [0.717, 1.165) is 0 Å². The second-order valence-corrected chi connectivity index (χ2v) is 3.96. The minimum Gasteiger partial charge on any atom is -0.512 e. The molecule has 0 fully saturated rings. The molecule has 4 nitrogen and oxygen atoms in total. The maximum Gasteiger partial charge on any atom is 0.266 e. The standard InChI is InChI=1S/C10H12N2O2S/c1-6(7(2)13)9(11)12-10(14)8-4-3-5-15-8/h3-5,13H,1-2H3,(H2,11,12,14)/b7-6-. The van der Waals surface area contributed by atoms with Gasteiger partial charge < -0.3 is 10.4 Å². The Kier molecular flexibility index (Phi) is 3.62. The molecule has 0 aliphatic heterocycles. The van der Waals surface area contributed by atoms with Crippen LogP contribution in [0.3, 0.4) is 0 Å². The number of aliphatic hydroxyl groups excluding tert-OH is 1. The summed E-state index contributed by atoms with van der Waals surface area (Å²) < 4.78 is 0. The molecule has 0 unspecified atom stereocenters. The molecule has 1 aromatic rings. The first-order valence-corrected chi connectivity index (χ1v) is 5.20. The van der Waals surface area contributed by atoms with Crippen LogP contribution in [0.4, 0.5) is 0 Å². The average molecular weight is 224 g/mol. The van der Waals surface area contributed by atoms with Gasteiger partial charge in [0.1, 0.15) is 5.84 Å². The molecule has 1 amide bonds. The Labute approximate surface area is 91.8 Å². The highest BCUT2D eigenvalue weighted by molar-refractivity contribution is 7.12. The molecule has 0 spiro atoms. The highest BCUT2D eigenvalue weighted by atomic mass is 32.1. The minimum atomic E-state index is -0.324. The molecule has 0 radical (unpaired) electrons. The summed E-state index contributed by atoms with van der Waals surface area (Å²) in [5.74, 6) is -0.365. The van der Waals surface area contributed by atoms with Crippen LogP contribution in [0.25, 0.3) is 0 Å². The number of allylic oxidation sites excluding steroid dienone is 1. The molecule has 0 saturated carbocycles. The van der Waals surface area contributed by atoms with Crippen LogP contribution in [0.15, 0.2) is 28.8 Å². The summed E-state index contributed by atoms with van der Waals surface area (Å²) in [4.78, 5) is 12.0. The summed E-state index contributed by atoms with van der Waals surface area (Å²) in [6, 6.07) is 3.45. The molecule has 0 aromatic carbocycles. The maximum atomic E-state index is 11.5. The van der Waals surface area contributed by atoms with Crippen molar-refractivity contribution in [3.05, 3.63) is 33.7 Å². The third kappa shape index (κ3) is 2.92. The summed E-state index contributed by atoms with van der Waals surface area (Å²) in [5.41, 5.74) is 0.361. The van der Waals surface area contributed by atoms with E-state index in [1.807, 2.05) is 0 Å². The number of amidine groups is 1. The summed E-state index contributed by atoms with van der Waals surface area (Å²) >= 11 is 1.31. The fourth-order valence-corrected chi connectivity index (χ4v) is 1.48. The van der Waals surface area contributed by atoms with Crippen LogP contribution in [0, 0.1) is 5.41 Å². The molecule has 80 valence electrons. The van der Waals surface area contributed by atoms with E-state index < -0.39 is 0 Å². The van der Waals surface area contributed by atoms with Crippen LogP contribution in [0.5, 0.6) is 0 Å². The van der Waals surface area contributed by atoms with Gasteiger partial charge >= 0.3 is 0 Å². The summed E-state index contributed by atoms with van der Waals surface area (Å²) in [6.07, 6.45) is 0. The number of carbonyl (C=O) groups is 1. The van der Waals surface area contributed by atoms with Gasteiger partial charge in [-0.05, 0) is 25.3 Å². The van der Waals surface area contributed by atoms with Gasteiger partial charge in [0, 0.05) is 5.57 Å². The van der Waals surface area contributed by atoms with Gasteiger partial charge in [0.05, 0.1) is 10.6 Å². The van der Waals surface area contributed by atoms with Crippen molar-refractivity contribution < 1.29 is 9.90 Å². The van der Waals surface area contributed by atoms with Crippen molar-refractivity contribution in [1.29, 1.82) is 5.41 Å². The molecule has 1 heterocycles. The fourth-order valence-electron chi connectivity index (χ4n) is 0.858. The van der Waals surface area contributed by atoms with Crippen molar-refractivity contribution in [2.75, 3.05) is 0 Å². The summed E-state index contributed by atoms with van der Waals surface area (Å²) in [7, 11) is 0. The predicted octanol–water partition coefficient (Wildman–Crippen LogP) is 2.31. The molecule has 0 saturated heterocycles. The second kappa shape index (κ2) is 4.75. The number of amides is 1. The van der Waals surface area contributed by atoms with E-state index in [2.05, 4.69) is 5.32 Å². The lowest BCUT2D eigenvalue weighted by Crippen LogP contribution is -2.30. The molecule has 0 aliphatic rings. The molecule has 0 aliphatic carbocycles. The molecule has 15 heavy (non-hydrogen) atoms. The lowest BCUT2D eigenvalue weighted by atomic mass is 10.2. The van der Waals surface area contributed by atoms with Crippen LogP contribution in [0.1, 0.15) is 23.5 Å². The molecule has 0 atom stereocenters. The van der Waals surface area contributed by atoms with Crippen LogP contribution >= 0.6 is 11.3 Å². The zero-order valence-corrected chi connectivity index (χ0v) is 9.31. The van der Waals surface area contributed by atoms with Gasteiger partial charge in [-0.15, -0.1) is 11.3 Å². The number of thiophene rings is 1. The Bertz CT molecular complexity index is 403. The molecule has 5 heteroatoms. The predicted molar refractivity (Wildman–Crippen MR) is 60.5 cm³/mol. The quantitative estimate of drug-likeness (QED) is 0.409. The van der Waals surface area contributed by atoms with Gasteiger partial charge in [-0.25, -0.2) is 0 Å². The van der Waals surface area contributed by atoms with E-state index in [4.69, 9.17) is 10.5 Å². The maximum absolute atomic E-state index is 11.5. The van der Waals surface area contributed by atoms with Crippen LogP contribution < -0.4 is 5.32 Å². The third-order valence-corrected chi connectivity index (χ3v) is 2.77. The van der Waals surface area contributed by atoms with Gasteiger partial charge in [-0.1, -0.05) is 6.07 Å². The zero-order chi connectivity index (χ0) is 11.4. The molecule has 3 N–H and O–H groups in total. The lowest BCUT2D eigenvalue weighted by molar-refractivity contribution is 0.0981. The van der Waals surface area contributed by atoms with Crippen LogP contribution in [-0.2, 0) is 0 Å². The number of hydrogen-bond donors (Lipinski definition) is 3. The summed E-state index contributed by atoms with van der Waals surface area (Å²) in [5, 5.41) is 20.8. The van der Waals surface area contributed by atoms with Crippen molar-refractivity contribution in [2.24, 2.45) is 0 Å². The lowest BCUT2D eigenvalue weighted by Gasteiger charge is -2.06. The normalized spacial score (nSPS) is 11.9. The van der Waals surface area contributed by atoms with E-state index >= 15 is 0 Å². The minimum absolute atomic E-state index is 0.0338. The smallest absolute Gasteiger partial charge is 0.266 e. The topological polar surface area (TPSA) is 73.2 Å². The van der Waals surface area contributed by atoms with Gasteiger partial charge in [-0.2, -0.15) is 0 Å². The SMILES string of the molecule is C/C(O)=C(\C)C(=N)NC(=O)c1cccs1. The van der Waals surface area contributed by atoms with Gasteiger partial charge in [-0.3, -0.25) is 10.2 Å². The van der Waals surface area contributed by atoms with Crippen LogP contribution in [-0.4, -0.2) is 16.8 Å². The van der Waals surface area contributed by atoms with E-state index in [1.54, 1.807) is 24.4 Å². The first-order chi connectivity index (χ1) is 7.02. The number of carbonyl (C=O) groups excluding carboxylic acids is 1. The first-order valence-electron chi connectivity index (χ1n) is 4.32. The first kappa shape index (κ1) is 11.5. The Balaban J connectivity index is 2.69. The number of rotatable bonds is 2. The fraction of sp³-hybridized carbons (Fsp3) is 0.200. The van der Waals surface area contributed by atoms with Crippen molar-refractivity contribution in [1.82, 2.24) is 5.32 Å². The zero-order valence-electron chi connectivity index (χ0n) is 8.50. The van der Waals surface area contributed by atoms with E-state index in [9.17, 15) is 4.79 Å². The van der Waals surface area contributed by atoms with E-state index in [-0.39, 0.29) is 17.5 Å². The monoisotopic (exact) mass is 224 g/mol. The van der Waals surface area contributed by atoms with Gasteiger partial charge in [0.15, 0.2) is 0 Å². The Hall–Kier alpha value is -1.62. The average Bonchev–Trinajstić information content (AvgIpc) is 2.68. The van der Waals surface area contributed by atoms with Gasteiger partial charge in [0.25, 0.3) is 5.91 Å². The number of nitrogens with one attached hydrogen (secondary N) is 2. The van der Waals surface area contributed by atoms with E-state index in [1.165, 1.54) is 18.3 Å². The highest BCUT2D eigenvalue weighted by Gasteiger charge is 2.10. The van der Waals surface area contributed by atoms with Crippen molar-refractivity contribution in [3.8, 4) is 0 Å². The summed E-state index contributed by atoms with van der Waals surface area (Å²) in [6.45, 7) is 3.05. The Morgan fingerprint density at radius 1 is 1.53 bits per heavy atom. The highest BCUT2D eigenvalue weighted by Crippen LogP contribution is 2.08. The molecule has 0 bridgehead atoms. The largest absolute Gasteiger partial charge is 0.512 e. The second-order valence-electron chi connectivity index (χ2n) is 3.02. The number of hydrogen-bond acceptors (Lipinski definition) is 4. The Morgan fingerprint density at radius 3 is 2.67 bits per heavy atom. The van der Waals surface area contributed by atoms with Crippen LogP contribution in [0.2, 0.25) is 0 Å². The van der Waals surface area contributed by atoms with E-state index in [0.29, 0.717) is 10.5 Å². The molecular formula is C10H12N2O2S. The van der Waals surface area contributed by atoms with Gasteiger partial charge in [0.2, 0.25) is 0 Å². The Morgan fingerprint density at radius 2 is 2.20 bits per heavy atom.